The third-order valence-electron chi connectivity index (χ3n) is 8.35. The molecule has 0 atom stereocenters. The molecule has 12 nitrogen and oxygen atoms in total. The molecule has 1 aliphatic rings. The normalized spacial score (nSPS) is 13.1. The van der Waals surface area contributed by atoms with Gasteiger partial charge in [-0.2, -0.15) is 0 Å². The van der Waals surface area contributed by atoms with E-state index in [9.17, 15) is 19.8 Å². The molecule has 0 unspecified atom stereocenters. The lowest BCUT2D eigenvalue weighted by atomic mass is 10.1. The van der Waals surface area contributed by atoms with Crippen molar-refractivity contribution in [3.05, 3.63) is 78.9 Å². The Morgan fingerprint density at radius 1 is 0.958 bits per heavy atom. The molecule has 12 heteroatoms. The maximum Gasteiger partial charge on any atom is 0.260 e. The molecular weight excluding hydrogens is 612 g/mol. The number of hydrogen-bond donors (Lipinski definition) is 4. The monoisotopic (exact) mass is 652 g/mol. The number of imidazole rings is 1. The summed E-state index contributed by atoms with van der Waals surface area (Å²) in [7, 11) is 1.86. The Labute approximate surface area is 278 Å². The highest BCUT2D eigenvalue weighted by molar-refractivity contribution is 5.96. The second kappa shape index (κ2) is 15.2. The summed E-state index contributed by atoms with van der Waals surface area (Å²) in [4.78, 5) is 39.4. The molecule has 1 saturated heterocycles. The van der Waals surface area contributed by atoms with Crippen molar-refractivity contribution >= 4 is 50.7 Å². The number of morpholine rings is 1. The van der Waals surface area contributed by atoms with E-state index in [1.165, 1.54) is 0 Å². The van der Waals surface area contributed by atoms with Gasteiger partial charge >= 0.3 is 0 Å². The van der Waals surface area contributed by atoms with E-state index in [2.05, 4.69) is 22.4 Å². The van der Waals surface area contributed by atoms with Crippen molar-refractivity contribution in [2.45, 2.75) is 0 Å². The van der Waals surface area contributed by atoms with E-state index in [0.29, 0.717) is 43.4 Å². The number of hydrogen-bond acceptors (Lipinski definition) is 9. The Hall–Kier alpha value is -5.17. The minimum atomic E-state index is -0.233. The van der Waals surface area contributed by atoms with Crippen molar-refractivity contribution < 1.29 is 29.3 Å². The van der Waals surface area contributed by atoms with Gasteiger partial charge in [-0.25, -0.2) is 4.98 Å². The van der Waals surface area contributed by atoms with Gasteiger partial charge in [0, 0.05) is 56.2 Å². The topological polar surface area (TPSA) is 143 Å². The van der Waals surface area contributed by atoms with Gasteiger partial charge in [-0.05, 0) is 53.2 Å². The molecule has 2 amide bonds. The maximum atomic E-state index is 13.2. The predicted molar refractivity (Wildman–Crippen MR) is 187 cm³/mol. The molecule has 0 aliphatic carbocycles. The van der Waals surface area contributed by atoms with Crippen LogP contribution in [0.15, 0.2) is 78.9 Å². The van der Waals surface area contributed by atoms with Crippen molar-refractivity contribution in [1.29, 1.82) is 0 Å². The molecule has 0 saturated carbocycles. The largest absolute Gasteiger partial charge is 0.482 e. The second-order valence-corrected chi connectivity index (χ2v) is 11.7. The highest BCUT2D eigenvalue weighted by Crippen LogP contribution is 2.32. The Morgan fingerprint density at radius 3 is 2.48 bits per heavy atom. The van der Waals surface area contributed by atoms with Crippen molar-refractivity contribution in [3.63, 3.8) is 0 Å². The molecule has 0 spiro atoms. The van der Waals surface area contributed by atoms with Crippen LogP contribution in [0.2, 0.25) is 0 Å². The quantitative estimate of drug-likeness (QED) is 0.150. The van der Waals surface area contributed by atoms with Gasteiger partial charge in [0.15, 0.2) is 6.61 Å². The number of anilines is 3. The smallest absolute Gasteiger partial charge is 0.260 e. The lowest BCUT2D eigenvalue weighted by Gasteiger charge is -2.28. The number of carbonyl (C=O) groups excluding carboxylic acids is 2. The molecule has 1 fully saturated rings. The molecule has 0 radical (unpaired) electrons. The lowest BCUT2D eigenvalue weighted by Crippen LogP contribution is -2.43. The van der Waals surface area contributed by atoms with E-state index in [4.69, 9.17) is 14.5 Å². The number of nitrogens with one attached hydrogen (secondary N) is 2. The maximum absolute atomic E-state index is 13.2. The van der Waals surface area contributed by atoms with Crippen molar-refractivity contribution in [2.75, 3.05) is 87.9 Å². The standard InChI is InChI=1S/C36H40N6O6/c1-40(29-10-8-25-20-27(7-6-26(25)21-29)36-38-30-4-2-3-5-31(30)39-36)23-34(45)37-28-9-11-32(41(12-16-43)13-17-44)33(22-28)48-24-35(46)42-14-18-47-19-15-42/h2-11,20-22,43-44H,12-19,23-24H2,1H3,(H,37,45)(H,38,39). The van der Waals surface area contributed by atoms with Crippen LogP contribution in [0.5, 0.6) is 5.75 Å². The molecule has 4 aromatic carbocycles. The number of para-hydroxylation sites is 2. The van der Waals surface area contributed by atoms with Gasteiger partial charge in [0.2, 0.25) is 5.91 Å². The number of aromatic nitrogens is 2. The van der Waals surface area contributed by atoms with Gasteiger partial charge in [0.25, 0.3) is 5.91 Å². The Morgan fingerprint density at radius 2 is 1.71 bits per heavy atom. The number of ether oxygens (including phenoxy) is 2. The number of aromatic amines is 1. The Bertz CT molecular complexity index is 1850. The number of nitrogens with zero attached hydrogens (tertiary/aromatic N) is 4. The zero-order valence-corrected chi connectivity index (χ0v) is 26.9. The summed E-state index contributed by atoms with van der Waals surface area (Å²) in [6, 6.07) is 25.4. The first-order valence-electron chi connectivity index (χ1n) is 16.0. The number of rotatable bonds is 13. The number of carbonyl (C=O) groups is 2. The molecule has 48 heavy (non-hydrogen) atoms. The fourth-order valence-corrected chi connectivity index (χ4v) is 5.82. The Balaban J connectivity index is 1.13. The highest BCUT2D eigenvalue weighted by atomic mass is 16.5. The van der Waals surface area contributed by atoms with E-state index in [1.807, 2.05) is 60.5 Å². The van der Waals surface area contributed by atoms with Crippen LogP contribution in [0.4, 0.5) is 17.1 Å². The first-order valence-corrected chi connectivity index (χ1v) is 16.0. The number of aliphatic hydroxyl groups excluding tert-OH is 2. The molecule has 6 rings (SSSR count). The van der Waals surface area contributed by atoms with Gasteiger partial charge in [-0.3, -0.25) is 9.59 Å². The minimum Gasteiger partial charge on any atom is -0.482 e. The second-order valence-electron chi connectivity index (χ2n) is 11.7. The van der Waals surface area contributed by atoms with E-state index < -0.39 is 0 Å². The van der Waals surface area contributed by atoms with Gasteiger partial charge in [0.05, 0.1) is 49.7 Å². The van der Waals surface area contributed by atoms with Crippen LogP contribution in [-0.4, -0.2) is 110 Å². The molecule has 1 aromatic heterocycles. The molecule has 2 heterocycles. The van der Waals surface area contributed by atoms with E-state index in [-0.39, 0.29) is 51.3 Å². The third kappa shape index (κ3) is 7.68. The first kappa shape index (κ1) is 32.8. The summed E-state index contributed by atoms with van der Waals surface area (Å²) in [5.74, 6) is 0.776. The summed E-state index contributed by atoms with van der Waals surface area (Å²) >= 11 is 0. The fraction of sp³-hybridized carbons (Fsp3) is 0.306. The molecule has 1 aliphatic heterocycles. The Kier molecular flexibility index (Phi) is 10.3. The van der Waals surface area contributed by atoms with Crippen LogP contribution in [0.3, 0.4) is 0 Å². The fourth-order valence-electron chi connectivity index (χ4n) is 5.82. The number of H-pyrrole nitrogens is 1. The number of aliphatic hydroxyl groups is 2. The molecular formula is C36H40N6O6. The van der Waals surface area contributed by atoms with Crippen molar-refractivity contribution in [3.8, 4) is 17.1 Å². The predicted octanol–water partition coefficient (Wildman–Crippen LogP) is 3.49. The molecule has 5 aromatic rings. The average Bonchev–Trinajstić information content (AvgIpc) is 3.55. The van der Waals surface area contributed by atoms with Gasteiger partial charge in [-0.15, -0.1) is 0 Å². The minimum absolute atomic E-state index is 0.0944. The number of fused-ring (bicyclic) bond motifs is 2. The van der Waals surface area contributed by atoms with Crippen molar-refractivity contribution in [1.82, 2.24) is 14.9 Å². The van der Waals surface area contributed by atoms with Crippen LogP contribution < -0.4 is 19.9 Å². The number of amides is 2. The van der Waals surface area contributed by atoms with Crippen LogP contribution in [0.25, 0.3) is 33.2 Å². The van der Waals surface area contributed by atoms with Gasteiger partial charge in [-0.1, -0.05) is 30.3 Å². The van der Waals surface area contributed by atoms with Crippen LogP contribution in [-0.2, 0) is 14.3 Å². The third-order valence-corrected chi connectivity index (χ3v) is 8.35. The van der Waals surface area contributed by atoms with E-state index in [0.717, 1.165) is 38.9 Å². The zero-order chi connectivity index (χ0) is 33.5. The van der Waals surface area contributed by atoms with E-state index in [1.54, 1.807) is 28.0 Å². The molecule has 250 valence electrons. The molecule has 0 bridgehead atoms. The van der Waals surface area contributed by atoms with Crippen LogP contribution in [0, 0.1) is 0 Å². The first-order chi connectivity index (χ1) is 23.4. The SMILES string of the molecule is CN(CC(=O)Nc1ccc(N(CCO)CCO)c(OCC(=O)N2CCOCC2)c1)c1ccc2cc(-c3nc4ccccc4[nH]3)ccc2c1. The van der Waals surface area contributed by atoms with Crippen LogP contribution in [0.1, 0.15) is 0 Å². The summed E-state index contributed by atoms with van der Waals surface area (Å²) in [6.07, 6.45) is 0. The van der Waals surface area contributed by atoms with Crippen molar-refractivity contribution in [2.24, 2.45) is 0 Å². The number of likely N-dealkylation sites (N-methyl/N-ethyl adjacent to an activating group) is 1. The summed E-state index contributed by atoms with van der Waals surface area (Å²) in [6.45, 7) is 2.13. The van der Waals surface area contributed by atoms with Gasteiger partial charge < -0.3 is 44.7 Å². The van der Waals surface area contributed by atoms with Crippen LogP contribution >= 0.6 is 0 Å². The van der Waals surface area contributed by atoms with E-state index >= 15 is 0 Å². The zero-order valence-electron chi connectivity index (χ0n) is 26.9. The molecule has 4 N–H and O–H groups in total. The number of benzene rings is 4. The van der Waals surface area contributed by atoms with Gasteiger partial charge in [0.1, 0.15) is 11.6 Å². The average molecular weight is 653 g/mol. The highest BCUT2D eigenvalue weighted by Gasteiger charge is 2.20. The summed E-state index contributed by atoms with van der Waals surface area (Å²) in [5, 5.41) is 24.2. The lowest BCUT2D eigenvalue weighted by molar-refractivity contribution is -0.137. The summed E-state index contributed by atoms with van der Waals surface area (Å²) < 4.78 is 11.3. The summed E-state index contributed by atoms with van der Waals surface area (Å²) in [5.41, 5.74) is 4.89.